The molecule has 0 aromatic carbocycles. The number of aliphatic carboxylic acids is 1. The number of carbonyl (C=O) groups excluding carboxylic acids is 1. The van der Waals surface area contributed by atoms with Crippen LogP contribution < -0.4 is 10.6 Å². The zero-order valence-corrected chi connectivity index (χ0v) is 10.3. The summed E-state index contributed by atoms with van der Waals surface area (Å²) in [6.45, 7) is 3.38. The number of carboxylic acids is 1. The van der Waals surface area contributed by atoms with E-state index in [2.05, 4.69) is 10.6 Å². The first-order valence-corrected chi connectivity index (χ1v) is 5.97. The van der Waals surface area contributed by atoms with E-state index in [4.69, 9.17) is 14.6 Å². The van der Waals surface area contributed by atoms with Gasteiger partial charge in [-0.25, -0.2) is 4.79 Å². The summed E-state index contributed by atoms with van der Waals surface area (Å²) in [5.41, 5.74) is -0.373. The van der Waals surface area contributed by atoms with E-state index in [1.165, 1.54) is 0 Å². The summed E-state index contributed by atoms with van der Waals surface area (Å²) >= 11 is 0. The summed E-state index contributed by atoms with van der Waals surface area (Å²) < 4.78 is 10.3. The normalized spacial score (nSPS) is 35.4. The van der Waals surface area contributed by atoms with Crippen LogP contribution in [0.1, 0.15) is 13.3 Å². The maximum Gasteiger partial charge on any atom is 0.315 e. The van der Waals surface area contributed by atoms with Gasteiger partial charge in [-0.05, 0) is 13.3 Å². The molecule has 3 atom stereocenters. The number of hydrogen-bond donors (Lipinski definition) is 3. The molecule has 0 aromatic rings. The standard InChI is InChI=1S/C11H18N2O5/c1-11(2-3-17-6-11)13-10(16)12-8-5-18-4-7(8)9(14)15/h7-8H,2-6H2,1H3,(H,14,15)(H2,12,13,16). The first-order valence-electron chi connectivity index (χ1n) is 5.97. The molecule has 7 heteroatoms. The second-order valence-corrected chi connectivity index (χ2v) is 5.05. The molecule has 0 bridgehead atoms. The quantitative estimate of drug-likeness (QED) is 0.638. The molecule has 0 saturated carbocycles. The van der Waals surface area contributed by atoms with E-state index in [1.54, 1.807) is 0 Å². The Labute approximate surface area is 105 Å². The first-order chi connectivity index (χ1) is 8.50. The molecule has 0 radical (unpaired) electrons. The summed E-state index contributed by atoms with van der Waals surface area (Å²) in [7, 11) is 0. The molecule has 2 aliphatic heterocycles. The minimum absolute atomic E-state index is 0.140. The van der Waals surface area contributed by atoms with Crippen LogP contribution in [0, 0.1) is 5.92 Å². The van der Waals surface area contributed by atoms with Crippen LogP contribution in [0.25, 0.3) is 0 Å². The average molecular weight is 258 g/mol. The summed E-state index contributed by atoms with van der Waals surface area (Å²) in [5, 5.41) is 14.4. The Morgan fingerprint density at radius 1 is 1.33 bits per heavy atom. The molecular weight excluding hydrogens is 240 g/mol. The molecule has 102 valence electrons. The van der Waals surface area contributed by atoms with Gasteiger partial charge in [0.1, 0.15) is 5.92 Å². The van der Waals surface area contributed by atoms with Gasteiger partial charge in [-0.15, -0.1) is 0 Å². The predicted octanol–water partition coefficient (Wildman–Crippen LogP) is -0.436. The molecule has 2 fully saturated rings. The number of carboxylic acid groups (broad SMARTS) is 1. The van der Waals surface area contributed by atoms with Crippen LogP contribution in [0.3, 0.4) is 0 Å². The molecule has 7 nitrogen and oxygen atoms in total. The van der Waals surface area contributed by atoms with Crippen molar-refractivity contribution in [3.8, 4) is 0 Å². The maximum atomic E-state index is 11.8. The first kappa shape index (κ1) is 13.1. The van der Waals surface area contributed by atoms with Crippen LogP contribution in [-0.4, -0.2) is 55.1 Å². The van der Waals surface area contributed by atoms with Crippen molar-refractivity contribution in [2.75, 3.05) is 26.4 Å². The van der Waals surface area contributed by atoms with Gasteiger partial charge in [0.15, 0.2) is 0 Å². The molecule has 3 unspecified atom stereocenters. The van der Waals surface area contributed by atoms with Crippen molar-refractivity contribution in [2.45, 2.75) is 24.9 Å². The van der Waals surface area contributed by atoms with E-state index in [1.807, 2.05) is 6.92 Å². The summed E-state index contributed by atoms with van der Waals surface area (Å²) in [5.74, 6) is -1.63. The van der Waals surface area contributed by atoms with Crippen LogP contribution in [-0.2, 0) is 14.3 Å². The van der Waals surface area contributed by atoms with E-state index >= 15 is 0 Å². The largest absolute Gasteiger partial charge is 0.481 e. The second kappa shape index (κ2) is 5.11. The summed E-state index contributed by atoms with van der Waals surface area (Å²) in [6.07, 6.45) is 0.754. The number of rotatable bonds is 3. The van der Waals surface area contributed by atoms with E-state index < -0.39 is 17.9 Å². The molecule has 2 amide bonds. The van der Waals surface area contributed by atoms with Gasteiger partial charge in [0.05, 0.1) is 31.4 Å². The molecule has 2 rings (SSSR count). The molecule has 0 aliphatic carbocycles. The van der Waals surface area contributed by atoms with Gasteiger partial charge in [0.25, 0.3) is 0 Å². The molecule has 3 N–H and O–H groups in total. The van der Waals surface area contributed by atoms with Crippen LogP contribution in [0.5, 0.6) is 0 Å². The fourth-order valence-electron chi connectivity index (χ4n) is 2.18. The van der Waals surface area contributed by atoms with E-state index in [0.29, 0.717) is 13.2 Å². The van der Waals surface area contributed by atoms with Gasteiger partial charge >= 0.3 is 12.0 Å². The van der Waals surface area contributed by atoms with Gasteiger partial charge in [0, 0.05) is 6.61 Å². The molecule has 2 aliphatic rings. The number of urea groups is 1. The van der Waals surface area contributed by atoms with Crippen molar-refractivity contribution in [2.24, 2.45) is 5.92 Å². The van der Waals surface area contributed by atoms with Gasteiger partial charge in [0.2, 0.25) is 0 Å². The molecule has 0 aromatic heterocycles. The lowest BCUT2D eigenvalue weighted by atomic mass is 10.0. The van der Waals surface area contributed by atoms with Crippen molar-refractivity contribution in [3.63, 3.8) is 0 Å². The highest BCUT2D eigenvalue weighted by atomic mass is 16.5. The second-order valence-electron chi connectivity index (χ2n) is 5.05. The third-order valence-electron chi connectivity index (χ3n) is 3.35. The van der Waals surface area contributed by atoms with Gasteiger partial charge in [-0.1, -0.05) is 0 Å². The van der Waals surface area contributed by atoms with Gasteiger partial charge < -0.3 is 25.2 Å². The molecule has 2 saturated heterocycles. The van der Waals surface area contributed by atoms with E-state index in [0.717, 1.165) is 6.42 Å². The zero-order valence-electron chi connectivity index (χ0n) is 10.3. The summed E-state index contributed by atoms with van der Waals surface area (Å²) in [4.78, 5) is 22.7. The van der Waals surface area contributed by atoms with Crippen molar-refractivity contribution < 1.29 is 24.2 Å². The van der Waals surface area contributed by atoms with Crippen molar-refractivity contribution in [1.82, 2.24) is 10.6 Å². The van der Waals surface area contributed by atoms with E-state index in [-0.39, 0.29) is 24.8 Å². The topological polar surface area (TPSA) is 96.9 Å². The lowest BCUT2D eigenvalue weighted by Crippen LogP contribution is -2.54. The van der Waals surface area contributed by atoms with Gasteiger partial charge in [-0.2, -0.15) is 0 Å². The highest BCUT2D eigenvalue weighted by Gasteiger charge is 2.37. The highest BCUT2D eigenvalue weighted by molar-refractivity contribution is 5.77. The molecular formula is C11H18N2O5. The van der Waals surface area contributed by atoms with Crippen LogP contribution >= 0.6 is 0 Å². The van der Waals surface area contributed by atoms with Crippen LogP contribution in [0.15, 0.2) is 0 Å². The minimum atomic E-state index is -0.951. The monoisotopic (exact) mass is 258 g/mol. The summed E-state index contributed by atoms with van der Waals surface area (Å²) in [6, 6.07) is -0.849. The smallest absolute Gasteiger partial charge is 0.315 e. The number of amides is 2. The Hall–Kier alpha value is -1.34. The lowest BCUT2D eigenvalue weighted by Gasteiger charge is -2.25. The Kier molecular flexibility index (Phi) is 3.72. The third kappa shape index (κ3) is 2.91. The SMILES string of the molecule is CC1(NC(=O)NC2COCC2C(=O)O)CCOC1. The fraction of sp³-hybridized carbons (Fsp3) is 0.818. The lowest BCUT2D eigenvalue weighted by molar-refractivity contribution is -0.142. The van der Waals surface area contributed by atoms with Gasteiger partial charge in [-0.3, -0.25) is 4.79 Å². The predicted molar refractivity (Wildman–Crippen MR) is 61.2 cm³/mol. The molecule has 0 spiro atoms. The fourth-order valence-corrected chi connectivity index (χ4v) is 2.18. The van der Waals surface area contributed by atoms with Crippen LogP contribution in [0.4, 0.5) is 4.79 Å². The molecule has 18 heavy (non-hydrogen) atoms. The Morgan fingerprint density at radius 2 is 2.11 bits per heavy atom. The van der Waals surface area contributed by atoms with Crippen LogP contribution in [0.2, 0.25) is 0 Å². The minimum Gasteiger partial charge on any atom is -0.481 e. The zero-order chi connectivity index (χ0) is 13.2. The highest BCUT2D eigenvalue weighted by Crippen LogP contribution is 2.18. The van der Waals surface area contributed by atoms with E-state index in [9.17, 15) is 9.59 Å². The average Bonchev–Trinajstić information content (AvgIpc) is 2.87. The molecule has 2 heterocycles. The Bertz CT molecular complexity index is 340. The Morgan fingerprint density at radius 3 is 2.72 bits per heavy atom. The van der Waals surface area contributed by atoms with Crippen molar-refractivity contribution in [1.29, 1.82) is 0 Å². The van der Waals surface area contributed by atoms with Crippen molar-refractivity contribution in [3.05, 3.63) is 0 Å². The number of carbonyl (C=O) groups is 2. The Balaban J connectivity index is 1.85. The number of ether oxygens (including phenoxy) is 2. The number of nitrogens with one attached hydrogen (secondary N) is 2. The number of hydrogen-bond acceptors (Lipinski definition) is 4. The third-order valence-corrected chi connectivity index (χ3v) is 3.35. The van der Waals surface area contributed by atoms with Crippen molar-refractivity contribution >= 4 is 12.0 Å². The maximum absolute atomic E-state index is 11.8.